The molecule has 1 heterocycles. The highest BCUT2D eigenvalue weighted by molar-refractivity contribution is 7.89. The highest BCUT2D eigenvalue weighted by atomic mass is 32.2. The molecule has 5 nitrogen and oxygen atoms in total. The lowest BCUT2D eigenvalue weighted by Crippen LogP contribution is -2.30. The summed E-state index contributed by atoms with van der Waals surface area (Å²) in [7, 11) is -3.40. The summed E-state index contributed by atoms with van der Waals surface area (Å²) >= 11 is 0. The first-order chi connectivity index (χ1) is 8.56. The summed E-state index contributed by atoms with van der Waals surface area (Å²) in [5.41, 5.74) is 0. The molecule has 6 heteroatoms. The van der Waals surface area contributed by atoms with Gasteiger partial charge in [0.2, 0.25) is 10.0 Å². The first-order valence-electron chi connectivity index (χ1n) is 6.26. The van der Waals surface area contributed by atoms with Gasteiger partial charge >= 0.3 is 0 Å². The van der Waals surface area contributed by atoms with E-state index >= 15 is 0 Å². The van der Waals surface area contributed by atoms with Gasteiger partial charge in [0, 0.05) is 31.9 Å². The van der Waals surface area contributed by atoms with Gasteiger partial charge in [0.15, 0.2) is 0 Å². The van der Waals surface area contributed by atoms with Gasteiger partial charge in [-0.2, -0.15) is 4.31 Å². The maximum absolute atomic E-state index is 12.3. The van der Waals surface area contributed by atoms with E-state index in [9.17, 15) is 8.42 Å². The Bertz CT molecular complexity index is 470. The first-order valence-corrected chi connectivity index (χ1v) is 7.70. The van der Waals surface area contributed by atoms with Crippen LogP contribution in [0.15, 0.2) is 23.2 Å². The van der Waals surface area contributed by atoms with Crippen LogP contribution in [0.2, 0.25) is 0 Å². The van der Waals surface area contributed by atoms with Crippen LogP contribution in [0.25, 0.3) is 0 Å². The van der Waals surface area contributed by atoms with E-state index in [-0.39, 0.29) is 0 Å². The Morgan fingerprint density at radius 1 is 1.28 bits per heavy atom. The molecule has 0 aliphatic heterocycles. The fourth-order valence-electron chi connectivity index (χ4n) is 1.63. The van der Waals surface area contributed by atoms with E-state index in [1.54, 1.807) is 6.07 Å². The van der Waals surface area contributed by atoms with Crippen LogP contribution in [0, 0.1) is 0 Å². The first kappa shape index (κ1) is 14.9. The molecule has 0 aliphatic carbocycles. The second-order valence-electron chi connectivity index (χ2n) is 3.89. The fourth-order valence-corrected chi connectivity index (χ4v) is 3.11. The van der Waals surface area contributed by atoms with Gasteiger partial charge < -0.3 is 5.32 Å². The molecule has 0 radical (unpaired) electrons. The number of sulfonamides is 1. The Morgan fingerprint density at radius 3 is 2.50 bits per heavy atom. The van der Waals surface area contributed by atoms with E-state index in [1.807, 2.05) is 20.8 Å². The highest BCUT2D eigenvalue weighted by Crippen LogP contribution is 2.17. The Hall–Kier alpha value is -1.14. The van der Waals surface area contributed by atoms with E-state index in [2.05, 4.69) is 10.3 Å². The summed E-state index contributed by atoms with van der Waals surface area (Å²) in [6.07, 6.45) is 2.49. The van der Waals surface area contributed by atoms with Crippen molar-refractivity contribution < 1.29 is 8.42 Å². The minimum atomic E-state index is -3.40. The molecule has 1 aromatic rings. The van der Waals surface area contributed by atoms with Crippen molar-refractivity contribution in [2.45, 2.75) is 32.1 Å². The molecule has 0 aliphatic rings. The summed E-state index contributed by atoms with van der Waals surface area (Å²) in [5.74, 6) is 0.602. The molecule has 0 saturated heterocycles. The molecule has 0 aromatic carbocycles. The molecule has 0 spiro atoms. The van der Waals surface area contributed by atoms with Gasteiger partial charge in [0.25, 0.3) is 0 Å². The topological polar surface area (TPSA) is 62.3 Å². The quantitative estimate of drug-likeness (QED) is 0.823. The van der Waals surface area contributed by atoms with Crippen molar-refractivity contribution in [2.24, 2.45) is 0 Å². The Labute approximate surface area is 109 Å². The predicted octanol–water partition coefficient (Wildman–Crippen LogP) is 1.93. The van der Waals surface area contributed by atoms with Crippen LogP contribution in [-0.2, 0) is 10.0 Å². The Morgan fingerprint density at radius 2 is 1.94 bits per heavy atom. The van der Waals surface area contributed by atoms with Crippen LogP contribution in [0.5, 0.6) is 0 Å². The Kier molecular flexibility index (Phi) is 5.55. The van der Waals surface area contributed by atoms with Crippen molar-refractivity contribution in [3.05, 3.63) is 18.3 Å². The third kappa shape index (κ3) is 3.43. The average molecular weight is 271 g/mol. The minimum absolute atomic E-state index is 0.291. The zero-order chi connectivity index (χ0) is 13.6. The van der Waals surface area contributed by atoms with Gasteiger partial charge in [0.1, 0.15) is 5.82 Å². The Balaban J connectivity index is 3.01. The van der Waals surface area contributed by atoms with Gasteiger partial charge in [0.05, 0.1) is 4.90 Å². The monoisotopic (exact) mass is 271 g/mol. The van der Waals surface area contributed by atoms with E-state index in [1.165, 1.54) is 16.6 Å². The lowest BCUT2D eigenvalue weighted by Gasteiger charge is -2.18. The lowest BCUT2D eigenvalue weighted by molar-refractivity contribution is 0.445. The standard InChI is InChI=1S/C12H21N3O2S/c1-4-8-13-12-10-11(7-9-14-12)18(16,17)15(5-2)6-3/h7,9-10H,4-6,8H2,1-3H3,(H,13,14). The van der Waals surface area contributed by atoms with E-state index in [4.69, 9.17) is 0 Å². The molecule has 1 aromatic heterocycles. The van der Waals surface area contributed by atoms with E-state index in [0.29, 0.717) is 23.8 Å². The van der Waals surface area contributed by atoms with Crippen molar-refractivity contribution >= 4 is 15.8 Å². The number of hydrogen-bond donors (Lipinski definition) is 1. The van der Waals surface area contributed by atoms with Crippen LogP contribution < -0.4 is 5.32 Å². The maximum atomic E-state index is 12.3. The molecule has 18 heavy (non-hydrogen) atoms. The second-order valence-corrected chi connectivity index (χ2v) is 5.83. The number of anilines is 1. The van der Waals surface area contributed by atoms with Crippen molar-refractivity contribution in [3.8, 4) is 0 Å². The molecular weight excluding hydrogens is 250 g/mol. The third-order valence-corrected chi connectivity index (χ3v) is 4.68. The zero-order valence-electron chi connectivity index (χ0n) is 11.2. The molecule has 0 amide bonds. The molecule has 0 bridgehead atoms. The SMILES string of the molecule is CCCNc1cc(S(=O)(=O)N(CC)CC)ccn1. The maximum Gasteiger partial charge on any atom is 0.243 e. The van der Waals surface area contributed by atoms with Gasteiger partial charge in [-0.05, 0) is 12.5 Å². The largest absolute Gasteiger partial charge is 0.370 e. The summed E-state index contributed by atoms with van der Waals surface area (Å²) < 4.78 is 26.0. The fraction of sp³-hybridized carbons (Fsp3) is 0.583. The van der Waals surface area contributed by atoms with Gasteiger partial charge in [-0.1, -0.05) is 20.8 Å². The van der Waals surface area contributed by atoms with Crippen LogP contribution in [-0.4, -0.2) is 37.3 Å². The van der Waals surface area contributed by atoms with Gasteiger partial charge in [-0.3, -0.25) is 0 Å². The highest BCUT2D eigenvalue weighted by Gasteiger charge is 2.21. The van der Waals surface area contributed by atoms with Crippen molar-refractivity contribution in [1.29, 1.82) is 0 Å². The number of hydrogen-bond acceptors (Lipinski definition) is 4. The molecule has 1 N–H and O–H groups in total. The van der Waals surface area contributed by atoms with Crippen LogP contribution in [0.1, 0.15) is 27.2 Å². The summed E-state index contributed by atoms with van der Waals surface area (Å²) in [6.45, 7) is 7.43. The summed E-state index contributed by atoms with van der Waals surface area (Å²) in [4.78, 5) is 4.40. The van der Waals surface area contributed by atoms with E-state index in [0.717, 1.165) is 13.0 Å². The summed E-state index contributed by atoms with van der Waals surface area (Å²) in [5, 5.41) is 3.09. The smallest absolute Gasteiger partial charge is 0.243 e. The predicted molar refractivity (Wildman–Crippen MR) is 73.1 cm³/mol. The molecule has 0 saturated carbocycles. The lowest BCUT2D eigenvalue weighted by atomic mass is 10.4. The zero-order valence-corrected chi connectivity index (χ0v) is 12.0. The van der Waals surface area contributed by atoms with Crippen molar-refractivity contribution in [1.82, 2.24) is 9.29 Å². The van der Waals surface area contributed by atoms with Gasteiger partial charge in [-0.15, -0.1) is 0 Å². The number of pyridine rings is 1. The summed E-state index contributed by atoms with van der Waals surface area (Å²) in [6, 6.07) is 3.12. The van der Waals surface area contributed by atoms with Crippen molar-refractivity contribution in [2.75, 3.05) is 25.0 Å². The second kappa shape index (κ2) is 6.70. The van der Waals surface area contributed by atoms with Gasteiger partial charge in [-0.25, -0.2) is 13.4 Å². The molecule has 0 atom stereocenters. The average Bonchev–Trinajstić information content (AvgIpc) is 2.38. The number of nitrogens with zero attached hydrogens (tertiary/aromatic N) is 2. The number of aromatic nitrogens is 1. The number of nitrogens with one attached hydrogen (secondary N) is 1. The molecule has 0 fully saturated rings. The number of rotatable bonds is 7. The molecule has 0 unspecified atom stereocenters. The molecule has 1 rings (SSSR count). The van der Waals surface area contributed by atoms with E-state index < -0.39 is 10.0 Å². The van der Waals surface area contributed by atoms with Crippen molar-refractivity contribution in [3.63, 3.8) is 0 Å². The third-order valence-electron chi connectivity index (χ3n) is 2.63. The van der Waals surface area contributed by atoms with Crippen LogP contribution >= 0.6 is 0 Å². The minimum Gasteiger partial charge on any atom is -0.370 e. The molecular formula is C12H21N3O2S. The van der Waals surface area contributed by atoms with Crippen LogP contribution in [0.3, 0.4) is 0 Å². The van der Waals surface area contributed by atoms with Crippen LogP contribution in [0.4, 0.5) is 5.82 Å². The molecule has 102 valence electrons. The normalized spacial score (nSPS) is 11.8.